The summed E-state index contributed by atoms with van der Waals surface area (Å²) in [7, 11) is -2.29. The molecular weight excluding hydrogens is 376 g/mol. The molecule has 0 saturated carbocycles. The van der Waals surface area contributed by atoms with Crippen molar-refractivity contribution >= 4 is 33.2 Å². The monoisotopic (exact) mass is 392 g/mol. The Morgan fingerprint density at radius 3 is 1.75 bits per heavy atom. The van der Waals surface area contributed by atoms with Crippen LogP contribution in [0, 0.1) is 0 Å². The molecule has 0 saturated heterocycles. The molecule has 3 aromatic rings. The fraction of sp³-hybridized carbons (Fsp3) is 0.0476. The summed E-state index contributed by atoms with van der Waals surface area (Å²) in [5.74, 6) is -0.838. The quantitative estimate of drug-likeness (QED) is 0.639. The van der Waals surface area contributed by atoms with Gasteiger partial charge in [-0.05, 0) is 48.5 Å². The van der Waals surface area contributed by atoms with Crippen LogP contribution in [-0.2, 0) is 10.0 Å². The van der Waals surface area contributed by atoms with E-state index < -0.39 is 21.8 Å². The lowest BCUT2D eigenvalue weighted by Gasteiger charge is -2.20. The van der Waals surface area contributed by atoms with E-state index in [1.807, 2.05) is 0 Å². The largest absolute Gasteiger partial charge is 0.269 e. The fourth-order valence-corrected chi connectivity index (χ4v) is 4.32. The van der Waals surface area contributed by atoms with Crippen LogP contribution in [0.4, 0.5) is 11.4 Å². The molecule has 140 valence electrons. The van der Waals surface area contributed by atoms with E-state index in [4.69, 9.17) is 0 Å². The second kappa shape index (κ2) is 6.61. The number of imide groups is 1. The molecular formula is C21H16N2O4S. The Bertz CT molecular complexity index is 1140. The van der Waals surface area contributed by atoms with Gasteiger partial charge in [-0.2, -0.15) is 0 Å². The number of hydrogen-bond acceptors (Lipinski definition) is 4. The van der Waals surface area contributed by atoms with Crippen LogP contribution in [0.25, 0.3) is 0 Å². The van der Waals surface area contributed by atoms with Crippen molar-refractivity contribution in [2.24, 2.45) is 0 Å². The average molecular weight is 392 g/mol. The highest BCUT2D eigenvalue weighted by Gasteiger charge is 2.36. The first-order valence-corrected chi connectivity index (χ1v) is 9.97. The number of para-hydroxylation sites is 1. The van der Waals surface area contributed by atoms with Crippen molar-refractivity contribution in [1.82, 2.24) is 0 Å². The van der Waals surface area contributed by atoms with E-state index in [9.17, 15) is 18.0 Å². The number of carbonyl (C=O) groups excluding carboxylic acids is 2. The lowest BCUT2D eigenvalue weighted by Crippen LogP contribution is -2.29. The van der Waals surface area contributed by atoms with Crippen LogP contribution in [0.3, 0.4) is 0 Å². The highest BCUT2D eigenvalue weighted by molar-refractivity contribution is 7.92. The van der Waals surface area contributed by atoms with Crippen molar-refractivity contribution in [2.45, 2.75) is 4.90 Å². The molecule has 4 rings (SSSR count). The molecule has 0 N–H and O–H groups in total. The molecule has 7 heteroatoms. The Morgan fingerprint density at radius 1 is 0.714 bits per heavy atom. The number of anilines is 2. The topological polar surface area (TPSA) is 74.8 Å². The molecule has 3 aromatic carbocycles. The van der Waals surface area contributed by atoms with Gasteiger partial charge in [0, 0.05) is 7.05 Å². The van der Waals surface area contributed by atoms with Gasteiger partial charge in [0.15, 0.2) is 0 Å². The maximum atomic E-state index is 12.9. The number of rotatable bonds is 4. The molecule has 1 aliphatic heterocycles. The third-order valence-electron chi connectivity index (χ3n) is 4.67. The molecule has 0 atom stereocenters. The van der Waals surface area contributed by atoms with Gasteiger partial charge in [0.25, 0.3) is 21.8 Å². The van der Waals surface area contributed by atoms with Crippen molar-refractivity contribution in [3.8, 4) is 0 Å². The van der Waals surface area contributed by atoms with Crippen molar-refractivity contribution in [3.05, 3.63) is 90.0 Å². The zero-order chi connectivity index (χ0) is 19.9. The summed E-state index contributed by atoms with van der Waals surface area (Å²) in [6.45, 7) is 0. The van der Waals surface area contributed by atoms with Crippen LogP contribution in [0.15, 0.2) is 83.8 Å². The van der Waals surface area contributed by atoms with Gasteiger partial charge in [-0.1, -0.05) is 30.3 Å². The zero-order valence-corrected chi connectivity index (χ0v) is 15.8. The number of nitrogens with zero attached hydrogens (tertiary/aromatic N) is 2. The Balaban J connectivity index is 1.65. The van der Waals surface area contributed by atoms with E-state index in [1.165, 1.54) is 35.6 Å². The fourth-order valence-electron chi connectivity index (χ4n) is 3.13. The van der Waals surface area contributed by atoms with Crippen LogP contribution in [0.1, 0.15) is 20.7 Å². The van der Waals surface area contributed by atoms with Gasteiger partial charge >= 0.3 is 0 Å². The molecule has 0 fully saturated rings. The van der Waals surface area contributed by atoms with Gasteiger partial charge in [0.1, 0.15) is 0 Å². The maximum Gasteiger partial charge on any atom is 0.266 e. The first-order valence-electron chi connectivity index (χ1n) is 8.53. The second-order valence-electron chi connectivity index (χ2n) is 6.29. The van der Waals surface area contributed by atoms with Crippen LogP contribution in [0.5, 0.6) is 0 Å². The Kier molecular flexibility index (Phi) is 4.24. The minimum atomic E-state index is -3.77. The average Bonchev–Trinajstić information content (AvgIpc) is 2.99. The van der Waals surface area contributed by atoms with E-state index in [2.05, 4.69) is 0 Å². The summed E-state index contributed by atoms with van der Waals surface area (Å²) in [6, 6.07) is 21.0. The summed E-state index contributed by atoms with van der Waals surface area (Å²) in [5.41, 5.74) is 1.54. The summed E-state index contributed by atoms with van der Waals surface area (Å²) in [6.07, 6.45) is 0. The van der Waals surface area contributed by atoms with Gasteiger partial charge in [-0.25, -0.2) is 13.3 Å². The van der Waals surface area contributed by atoms with Crippen molar-refractivity contribution in [2.75, 3.05) is 16.3 Å². The van der Waals surface area contributed by atoms with E-state index in [1.54, 1.807) is 54.6 Å². The first-order chi connectivity index (χ1) is 13.4. The molecule has 1 heterocycles. The molecule has 0 radical (unpaired) electrons. The smallest absolute Gasteiger partial charge is 0.266 e. The van der Waals surface area contributed by atoms with Crippen LogP contribution >= 0.6 is 0 Å². The zero-order valence-electron chi connectivity index (χ0n) is 14.9. The van der Waals surface area contributed by atoms with Gasteiger partial charge in [-0.15, -0.1) is 0 Å². The minimum absolute atomic E-state index is 0.0687. The van der Waals surface area contributed by atoms with Crippen LogP contribution < -0.4 is 9.21 Å². The Morgan fingerprint density at radius 2 is 1.21 bits per heavy atom. The minimum Gasteiger partial charge on any atom is -0.269 e. The van der Waals surface area contributed by atoms with Gasteiger partial charge in [-0.3, -0.25) is 13.9 Å². The Labute approximate surface area is 162 Å². The molecule has 2 amide bonds. The third kappa shape index (κ3) is 2.76. The number of carbonyl (C=O) groups is 2. The lowest BCUT2D eigenvalue weighted by atomic mass is 10.1. The standard InChI is InChI=1S/C21H16N2O4S/c1-22(15-7-3-2-4-8-15)28(26,27)17-13-11-16(12-14-17)23-20(24)18-9-5-6-10-19(18)21(23)25/h2-14H,1H3. The normalized spacial score (nSPS) is 13.5. The van der Waals surface area contributed by atoms with Crippen molar-refractivity contribution < 1.29 is 18.0 Å². The second-order valence-corrected chi connectivity index (χ2v) is 8.26. The molecule has 0 unspecified atom stereocenters. The van der Waals surface area contributed by atoms with Gasteiger partial charge in [0.05, 0.1) is 27.4 Å². The number of benzene rings is 3. The molecule has 0 aromatic heterocycles. The number of fused-ring (bicyclic) bond motifs is 1. The molecule has 6 nitrogen and oxygen atoms in total. The summed E-state index contributed by atoms with van der Waals surface area (Å²) in [4.78, 5) is 26.2. The van der Waals surface area contributed by atoms with Gasteiger partial charge < -0.3 is 0 Å². The third-order valence-corrected chi connectivity index (χ3v) is 6.47. The number of hydrogen-bond donors (Lipinski definition) is 0. The van der Waals surface area contributed by atoms with Crippen molar-refractivity contribution in [3.63, 3.8) is 0 Å². The molecule has 0 aliphatic carbocycles. The summed E-state index contributed by atoms with van der Waals surface area (Å²) >= 11 is 0. The van der Waals surface area contributed by atoms with E-state index in [0.29, 0.717) is 22.5 Å². The van der Waals surface area contributed by atoms with Crippen LogP contribution in [0.2, 0.25) is 0 Å². The molecule has 0 spiro atoms. The van der Waals surface area contributed by atoms with E-state index >= 15 is 0 Å². The summed E-state index contributed by atoms with van der Waals surface area (Å²) < 4.78 is 26.9. The molecule has 28 heavy (non-hydrogen) atoms. The Hall–Kier alpha value is -3.45. The van der Waals surface area contributed by atoms with Crippen LogP contribution in [-0.4, -0.2) is 27.3 Å². The predicted octanol–water partition coefficient (Wildman–Crippen LogP) is 3.31. The highest BCUT2D eigenvalue weighted by Crippen LogP contribution is 2.30. The van der Waals surface area contributed by atoms with Gasteiger partial charge in [0.2, 0.25) is 0 Å². The first kappa shape index (κ1) is 17.9. The van der Waals surface area contributed by atoms with E-state index in [0.717, 1.165) is 4.90 Å². The maximum absolute atomic E-state index is 12.9. The highest BCUT2D eigenvalue weighted by atomic mass is 32.2. The molecule has 0 bridgehead atoms. The van der Waals surface area contributed by atoms with E-state index in [-0.39, 0.29) is 4.90 Å². The SMILES string of the molecule is CN(c1ccccc1)S(=O)(=O)c1ccc(N2C(=O)c3ccccc3C2=O)cc1. The van der Waals surface area contributed by atoms with Crippen molar-refractivity contribution in [1.29, 1.82) is 0 Å². The predicted molar refractivity (Wildman–Crippen MR) is 106 cm³/mol. The number of sulfonamides is 1. The number of amides is 2. The lowest BCUT2D eigenvalue weighted by molar-refractivity contribution is 0.0926. The summed E-state index contributed by atoms with van der Waals surface area (Å²) in [5, 5.41) is 0. The molecule has 1 aliphatic rings.